The maximum Gasteiger partial charge on any atom is 0.316 e. The van der Waals surface area contributed by atoms with E-state index in [9.17, 15) is 4.39 Å². The molecular weight excluding hydrogens is 323 g/mol. The summed E-state index contributed by atoms with van der Waals surface area (Å²) in [5.41, 5.74) is 2.50. The zero-order valence-corrected chi connectivity index (χ0v) is 13.3. The van der Waals surface area contributed by atoms with E-state index in [0.29, 0.717) is 12.2 Å². The third-order valence-corrected chi connectivity index (χ3v) is 3.80. The molecule has 0 spiro atoms. The lowest BCUT2D eigenvalue weighted by Gasteiger charge is -2.00. The zero-order valence-electron chi connectivity index (χ0n) is 13.3. The van der Waals surface area contributed by atoms with Gasteiger partial charge in [-0.25, -0.2) is 4.39 Å². The van der Waals surface area contributed by atoms with Crippen molar-refractivity contribution in [3.63, 3.8) is 0 Å². The van der Waals surface area contributed by atoms with Gasteiger partial charge in [0.05, 0.1) is 5.56 Å². The van der Waals surface area contributed by atoms with E-state index in [1.807, 2.05) is 31.2 Å². The molecule has 0 saturated heterocycles. The summed E-state index contributed by atoms with van der Waals surface area (Å²) in [5, 5.41) is 7.72. The predicted octanol–water partition coefficient (Wildman–Crippen LogP) is 3.82. The number of halogens is 1. The van der Waals surface area contributed by atoms with Gasteiger partial charge < -0.3 is 9.05 Å². The summed E-state index contributed by atoms with van der Waals surface area (Å²) in [6.45, 7) is 2.02. The predicted molar refractivity (Wildman–Crippen MR) is 87.0 cm³/mol. The molecule has 0 saturated carbocycles. The zero-order chi connectivity index (χ0) is 17.2. The SMILES string of the molecule is Cc1ccccc1Cc1noc(-c2nc(-c3ccccc3F)no2)n1. The second-order valence-corrected chi connectivity index (χ2v) is 5.52. The van der Waals surface area contributed by atoms with Gasteiger partial charge in [-0.2, -0.15) is 9.97 Å². The van der Waals surface area contributed by atoms with Gasteiger partial charge in [0.15, 0.2) is 5.82 Å². The van der Waals surface area contributed by atoms with Crippen molar-refractivity contribution in [2.24, 2.45) is 0 Å². The number of aromatic nitrogens is 4. The van der Waals surface area contributed by atoms with E-state index < -0.39 is 5.82 Å². The molecule has 124 valence electrons. The fourth-order valence-corrected chi connectivity index (χ4v) is 2.45. The Morgan fingerprint density at radius 3 is 2.44 bits per heavy atom. The van der Waals surface area contributed by atoms with Gasteiger partial charge >= 0.3 is 11.8 Å². The largest absolute Gasteiger partial charge is 0.329 e. The van der Waals surface area contributed by atoms with Gasteiger partial charge in [-0.05, 0) is 30.2 Å². The van der Waals surface area contributed by atoms with Crippen molar-refractivity contribution in [3.05, 3.63) is 71.3 Å². The van der Waals surface area contributed by atoms with Gasteiger partial charge in [-0.15, -0.1) is 0 Å². The van der Waals surface area contributed by atoms with Gasteiger partial charge in [0, 0.05) is 6.42 Å². The van der Waals surface area contributed by atoms with Gasteiger partial charge in [0.1, 0.15) is 5.82 Å². The molecular formula is C18H13FN4O2. The molecule has 0 amide bonds. The Bertz CT molecular complexity index is 1030. The molecule has 4 aromatic rings. The number of hydrogen-bond donors (Lipinski definition) is 0. The van der Waals surface area contributed by atoms with Crippen molar-refractivity contribution < 1.29 is 13.4 Å². The molecule has 0 atom stereocenters. The molecule has 2 heterocycles. The first-order valence-electron chi connectivity index (χ1n) is 7.67. The van der Waals surface area contributed by atoms with Crippen LogP contribution in [0.1, 0.15) is 17.0 Å². The van der Waals surface area contributed by atoms with Crippen LogP contribution >= 0.6 is 0 Å². The van der Waals surface area contributed by atoms with Crippen LogP contribution in [0.5, 0.6) is 0 Å². The molecule has 25 heavy (non-hydrogen) atoms. The lowest BCUT2D eigenvalue weighted by molar-refractivity contribution is 0.380. The Balaban J connectivity index is 1.59. The smallest absolute Gasteiger partial charge is 0.316 e. The number of nitrogens with zero attached hydrogens (tertiary/aromatic N) is 4. The highest BCUT2D eigenvalue weighted by Crippen LogP contribution is 2.23. The van der Waals surface area contributed by atoms with E-state index in [2.05, 4.69) is 20.3 Å². The summed E-state index contributed by atoms with van der Waals surface area (Å²) in [7, 11) is 0. The minimum absolute atomic E-state index is 0.0572. The van der Waals surface area contributed by atoms with Crippen molar-refractivity contribution in [2.45, 2.75) is 13.3 Å². The topological polar surface area (TPSA) is 77.8 Å². The van der Waals surface area contributed by atoms with Crippen molar-refractivity contribution in [1.82, 2.24) is 20.3 Å². The fourth-order valence-electron chi connectivity index (χ4n) is 2.45. The van der Waals surface area contributed by atoms with Crippen LogP contribution in [0.15, 0.2) is 57.6 Å². The highest BCUT2D eigenvalue weighted by Gasteiger charge is 2.19. The summed E-state index contributed by atoms with van der Waals surface area (Å²) >= 11 is 0. The van der Waals surface area contributed by atoms with Gasteiger partial charge in [0.2, 0.25) is 5.82 Å². The highest BCUT2D eigenvalue weighted by molar-refractivity contribution is 5.57. The number of benzene rings is 2. The molecule has 0 radical (unpaired) electrons. The van der Waals surface area contributed by atoms with E-state index in [4.69, 9.17) is 9.05 Å². The number of hydrogen-bond acceptors (Lipinski definition) is 6. The summed E-state index contributed by atoms with van der Waals surface area (Å²) in [5.74, 6) is 0.378. The second-order valence-electron chi connectivity index (χ2n) is 5.52. The van der Waals surface area contributed by atoms with E-state index in [1.165, 1.54) is 6.07 Å². The Kier molecular flexibility index (Phi) is 3.81. The number of rotatable bonds is 4. The highest BCUT2D eigenvalue weighted by atomic mass is 19.1. The van der Waals surface area contributed by atoms with Crippen LogP contribution in [0.25, 0.3) is 23.2 Å². The third kappa shape index (κ3) is 3.03. The minimum Gasteiger partial charge on any atom is -0.329 e. The van der Waals surface area contributed by atoms with Crippen LogP contribution in [0, 0.1) is 12.7 Å². The van der Waals surface area contributed by atoms with Crippen molar-refractivity contribution in [1.29, 1.82) is 0 Å². The third-order valence-electron chi connectivity index (χ3n) is 3.80. The van der Waals surface area contributed by atoms with Gasteiger partial charge in [-0.3, -0.25) is 0 Å². The lowest BCUT2D eigenvalue weighted by atomic mass is 10.1. The number of aryl methyl sites for hydroxylation is 1. The van der Waals surface area contributed by atoms with Crippen molar-refractivity contribution in [2.75, 3.05) is 0 Å². The minimum atomic E-state index is -0.430. The van der Waals surface area contributed by atoms with Crippen molar-refractivity contribution >= 4 is 0 Å². The maximum absolute atomic E-state index is 13.8. The molecule has 0 unspecified atom stereocenters. The van der Waals surface area contributed by atoms with Crippen LogP contribution in [0.4, 0.5) is 4.39 Å². The Hall–Kier alpha value is -3.35. The summed E-state index contributed by atoms with van der Waals surface area (Å²) < 4.78 is 24.1. The summed E-state index contributed by atoms with van der Waals surface area (Å²) in [4.78, 5) is 8.41. The summed E-state index contributed by atoms with van der Waals surface area (Å²) in [6, 6.07) is 14.2. The molecule has 2 aromatic heterocycles. The van der Waals surface area contributed by atoms with Crippen LogP contribution in [-0.4, -0.2) is 20.3 Å². The monoisotopic (exact) mass is 336 g/mol. The van der Waals surface area contributed by atoms with Crippen LogP contribution in [0.3, 0.4) is 0 Å². The van der Waals surface area contributed by atoms with Crippen molar-refractivity contribution in [3.8, 4) is 23.2 Å². The first-order valence-corrected chi connectivity index (χ1v) is 7.67. The fraction of sp³-hybridized carbons (Fsp3) is 0.111. The lowest BCUT2D eigenvalue weighted by Crippen LogP contribution is -1.93. The standard InChI is InChI=1S/C18H13FN4O2/c1-11-6-2-3-7-12(11)10-15-20-17(24-22-15)18-21-16(23-25-18)13-8-4-5-9-14(13)19/h2-9H,10H2,1H3. The Morgan fingerprint density at radius 2 is 1.60 bits per heavy atom. The summed E-state index contributed by atoms with van der Waals surface area (Å²) in [6.07, 6.45) is 0.532. The van der Waals surface area contributed by atoms with Crippen LogP contribution in [-0.2, 0) is 6.42 Å². The molecule has 0 aliphatic rings. The maximum atomic E-state index is 13.8. The quantitative estimate of drug-likeness (QED) is 0.564. The Labute approximate surface area is 142 Å². The molecule has 4 rings (SSSR count). The molecule has 0 aliphatic carbocycles. The van der Waals surface area contributed by atoms with E-state index in [0.717, 1.165) is 11.1 Å². The molecule has 0 fully saturated rings. The first kappa shape index (κ1) is 15.2. The molecule has 2 aromatic carbocycles. The second kappa shape index (κ2) is 6.27. The average Bonchev–Trinajstić information content (AvgIpc) is 3.27. The van der Waals surface area contributed by atoms with Crippen LogP contribution < -0.4 is 0 Å². The molecule has 0 aliphatic heterocycles. The first-order chi connectivity index (χ1) is 12.2. The van der Waals surface area contributed by atoms with E-state index in [-0.39, 0.29) is 23.2 Å². The van der Waals surface area contributed by atoms with Gasteiger partial charge in [0.25, 0.3) is 0 Å². The van der Waals surface area contributed by atoms with E-state index in [1.54, 1.807) is 18.2 Å². The van der Waals surface area contributed by atoms with Crippen LogP contribution in [0.2, 0.25) is 0 Å². The molecule has 6 nitrogen and oxygen atoms in total. The Morgan fingerprint density at radius 1 is 0.880 bits per heavy atom. The average molecular weight is 336 g/mol. The molecule has 0 bridgehead atoms. The van der Waals surface area contributed by atoms with E-state index >= 15 is 0 Å². The normalized spacial score (nSPS) is 11.0. The molecule has 7 heteroatoms. The molecule has 0 N–H and O–H groups in total. The van der Waals surface area contributed by atoms with Gasteiger partial charge in [-0.1, -0.05) is 46.7 Å².